The van der Waals surface area contributed by atoms with Crippen LogP contribution in [0.2, 0.25) is 0 Å². The van der Waals surface area contributed by atoms with Gasteiger partial charge in [-0.25, -0.2) is 0 Å². The van der Waals surface area contributed by atoms with Crippen molar-refractivity contribution in [2.45, 2.75) is 147 Å². The number of carbonyl (C=O) groups is 2. The number of halogens is 2. The molecule has 18 nitrogen and oxygen atoms in total. The van der Waals surface area contributed by atoms with Gasteiger partial charge in [0.1, 0.15) is 71.2 Å². The Labute approximate surface area is 405 Å². The van der Waals surface area contributed by atoms with E-state index in [1.54, 1.807) is 51.1 Å². The Kier molecular flexibility index (Phi) is 22.5. The van der Waals surface area contributed by atoms with Crippen LogP contribution in [0.15, 0.2) is 49.1 Å². The molecule has 2 aromatic heterocycles. The van der Waals surface area contributed by atoms with Crippen LogP contribution in [0.4, 0.5) is 0 Å². The second-order valence-electron chi connectivity index (χ2n) is 17.3. The van der Waals surface area contributed by atoms with Crippen molar-refractivity contribution in [1.82, 2.24) is 31.2 Å². The molecule has 6 rings (SSSR count). The number of pyridine rings is 2. The predicted octanol–water partition coefficient (Wildman–Crippen LogP) is 1.00. The van der Waals surface area contributed by atoms with E-state index in [2.05, 4.69) is 31.2 Å². The summed E-state index contributed by atoms with van der Waals surface area (Å²) in [5.74, 6) is 1.59. The molecule has 0 spiro atoms. The highest BCUT2D eigenvalue weighted by Gasteiger charge is 2.49. The molecular formula is C44H68Cl2N6O12S2. The van der Waals surface area contributed by atoms with E-state index in [1.807, 2.05) is 24.3 Å². The molecule has 372 valence electrons. The lowest BCUT2D eigenvalue weighted by Gasteiger charge is -2.44. The maximum atomic E-state index is 13.1. The minimum atomic E-state index is -1.40. The molecule has 0 aliphatic carbocycles. The lowest BCUT2D eigenvalue weighted by Crippen LogP contribution is -2.65. The number of nitrogens with one attached hydrogen (secondary N) is 4. The number of hydrogen-bond acceptors (Lipinski definition) is 18. The Bertz CT molecular complexity index is 1620. The van der Waals surface area contributed by atoms with Crippen molar-refractivity contribution < 1.29 is 59.2 Å². The van der Waals surface area contributed by atoms with Crippen LogP contribution in [0.1, 0.15) is 52.4 Å². The molecule has 4 aliphatic heterocycles. The van der Waals surface area contributed by atoms with E-state index < -0.39 is 94.6 Å². The lowest BCUT2D eigenvalue weighted by molar-refractivity contribution is -0.205. The van der Waals surface area contributed by atoms with Crippen LogP contribution in [0.5, 0.6) is 11.5 Å². The molecule has 0 saturated carbocycles. The number of thioether (sulfide) groups is 2. The van der Waals surface area contributed by atoms with Crippen LogP contribution < -0.4 is 30.7 Å². The van der Waals surface area contributed by atoms with Gasteiger partial charge in [-0.3, -0.25) is 19.6 Å². The van der Waals surface area contributed by atoms with Gasteiger partial charge >= 0.3 is 0 Å². The van der Waals surface area contributed by atoms with Crippen molar-refractivity contribution in [3.05, 3.63) is 49.1 Å². The van der Waals surface area contributed by atoms with Gasteiger partial charge < -0.3 is 70.9 Å². The summed E-state index contributed by atoms with van der Waals surface area (Å²) >= 11 is 15.1. The number of nitrogens with zero attached hydrogens (tertiary/aromatic N) is 2. The molecule has 2 aromatic rings. The van der Waals surface area contributed by atoms with Crippen molar-refractivity contribution in [2.75, 3.05) is 38.8 Å². The quantitative estimate of drug-likeness (QED) is 0.105. The molecule has 0 radical (unpaired) electrons. The van der Waals surface area contributed by atoms with E-state index in [0.29, 0.717) is 51.0 Å². The van der Waals surface area contributed by atoms with E-state index in [9.17, 15) is 40.2 Å². The van der Waals surface area contributed by atoms with Crippen molar-refractivity contribution >= 4 is 58.5 Å². The molecule has 10 N–H and O–H groups in total. The fourth-order valence-electron chi connectivity index (χ4n) is 8.47. The highest BCUT2D eigenvalue weighted by Crippen LogP contribution is 2.32. The molecular weight excluding hydrogens is 940 g/mol. The summed E-state index contributed by atoms with van der Waals surface area (Å²) in [6.07, 6.45) is 4.91. The Morgan fingerprint density at radius 2 is 1.06 bits per heavy atom. The second kappa shape index (κ2) is 27.2. The Balaban J connectivity index is 0.000000247. The summed E-state index contributed by atoms with van der Waals surface area (Å²) in [7, 11) is 0. The molecule has 6 heterocycles. The number of aromatic nitrogens is 2. The number of rotatable bonds is 16. The maximum Gasteiger partial charge on any atom is 0.237 e. The number of amides is 2. The van der Waals surface area contributed by atoms with Gasteiger partial charge in [-0.05, 0) is 114 Å². The standard InChI is InChI=1S/2C22H34ClN3O6S/c2*1-12(23)16(20-18(28)17(27)19(29)22(32-20)33-2)26-21(30)15-6-5-13(7-9-25-15)11-31-14-4-3-8-24-10-14/h2*3-4,8,10,12-13,15-20,22,25,27-29H,5-7,9,11H2,1-2H3,(H,26,30)/t2*12?,13-,15?,16?,17?,18?,19?,20?,22?/m10/s1. The molecule has 16 unspecified atom stereocenters. The fraction of sp³-hybridized carbons (Fsp3) is 0.727. The van der Waals surface area contributed by atoms with Crippen molar-refractivity contribution in [1.29, 1.82) is 0 Å². The summed E-state index contributed by atoms with van der Waals surface area (Å²) in [5, 5.41) is 73.0. The van der Waals surface area contributed by atoms with Crippen molar-refractivity contribution in [3.63, 3.8) is 0 Å². The predicted molar refractivity (Wildman–Crippen MR) is 253 cm³/mol. The largest absolute Gasteiger partial charge is 0.492 e. The average Bonchev–Trinajstić information content (AvgIpc) is 3.72. The maximum absolute atomic E-state index is 13.1. The molecule has 0 aromatic carbocycles. The average molecular weight is 1010 g/mol. The van der Waals surface area contributed by atoms with Crippen LogP contribution in [0.25, 0.3) is 0 Å². The normalized spacial score (nSPS) is 34.7. The first-order valence-corrected chi connectivity index (χ1v) is 25.9. The third-order valence-corrected chi connectivity index (χ3v) is 14.7. The van der Waals surface area contributed by atoms with E-state index in [0.717, 1.165) is 37.2 Å². The number of hydrogen-bond donors (Lipinski definition) is 10. The minimum Gasteiger partial charge on any atom is -0.492 e. The number of aliphatic hydroxyl groups excluding tert-OH is 6. The summed E-state index contributed by atoms with van der Waals surface area (Å²) in [6.45, 7) is 5.84. The SMILES string of the molecule is CSC1OC(C(NC(=O)C2CC[C@@H](COc3cccnc3)CCN2)C(C)Cl)C(O)C(O)C1O.CSC1OC(C(NC(=O)C2CC[C@H](COc3cccnc3)CCN2)C(C)Cl)C(O)C(O)C1O. The highest BCUT2D eigenvalue weighted by molar-refractivity contribution is 7.99. The first-order chi connectivity index (χ1) is 31.6. The van der Waals surface area contributed by atoms with Gasteiger partial charge in [-0.2, -0.15) is 0 Å². The van der Waals surface area contributed by atoms with Gasteiger partial charge in [0.05, 0.1) is 60.5 Å². The molecule has 4 aliphatic rings. The fourth-order valence-corrected chi connectivity index (χ4v) is 10.2. The zero-order valence-corrected chi connectivity index (χ0v) is 40.8. The van der Waals surface area contributed by atoms with Crippen LogP contribution >= 0.6 is 46.7 Å². The lowest BCUT2D eigenvalue weighted by atomic mass is 9.92. The Morgan fingerprint density at radius 3 is 1.39 bits per heavy atom. The van der Waals surface area contributed by atoms with Gasteiger partial charge in [0.15, 0.2) is 0 Å². The van der Waals surface area contributed by atoms with E-state index in [4.69, 9.17) is 42.1 Å². The monoisotopic (exact) mass is 1010 g/mol. The van der Waals surface area contributed by atoms with Gasteiger partial charge in [0.2, 0.25) is 11.8 Å². The Morgan fingerprint density at radius 1 is 0.667 bits per heavy atom. The van der Waals surface area contributed by atoms with Gasteiger partial charge in [-0.1, -0.05) is 0 Å². The van der Waals surface area contributed by atoms with Crippen LogP contribution in [-0.2, 0) is 19.1 Å². The van der Waals surface area contributed by atoms with Crippen molar-refractivity contribution in [2.24, 2.45) is 11.8 Å². The number of alkyl halides is 2. The van der Waals surface area contributed by atoms with E-state index in [-0.39, 0.29) is 11.8 Å². The molecule has 0 bridgehead atoms. The molecule has 2 amide bonds. The molecule has 18 atom stereocenters. The van der Waals surface area contributed by atoms with E-state index in [1.165, 1.54) is 23.5 Å². The first kappa shape index (κ1) is 54.7. The van der Waals surface area contributed by atoms with Crippen molar-refractivity contribution in [3.8, 4) is 11.5 Å². The molecule has 66 heavy (non-hydrogen) atoms. The summed E-state index contributed by atoms with van der Waals surface area (Å²) in [6, 6.07) is 5.05. The minimum absolute atomic E-state index is 0.238. The second-order valence-corrected chi connectivity index (χ2v) is 20.5. The number of aliphatic hydroxyl groups is 6. The zero-order valence-electron chi connectivity index (χ0n) is 37.7. The third-order valence-electron chi connectivity index (χ3n) is 12.5. The first-order valence-electron chi connectivity index (χ1n) is 22.5. The summed E-state index contributed by atoms with van der Waals surface area (Å²) in [4.78, 5) is 34.2. The number of ether oxygens (including phenoxy) is 4. The van der Waals surface area contributed by atoms with Crippen LogP contribution in [-0.4, -0.2) is 186 Å². The summed E-state index contributed by atoms with van der Waals surface area (Å²) in [5.41, 5.74) is -1.47. The molecule has 22 heteroatoms. The number of carbonyl (C=O) groups excluding carboxylic acids is 2. The van der Waals surface area contributed by atoms with Gasteiger partial charge in [0.25, 0.3) is 0 Å². The third kappa shape index (κ3) is 15.4. The smallest absolute Gasteiger partial charge is 0.237 e. The molecule has 4 fully saturated rings. The molecule has 4 saturated heterocycles. The van der Waals surface area contributed by atoms with E-state index >= 15 is 0 Å². The van der Waals surface area contributed by atoms with Gasteiger partial charge in [-0.15, -0.1) is 46.7 Å². The summed E-state index contributed by atoms with van der Waals surface area (Å²) < 4.78 is 23.3. The highest BCUT2D eigenvalue weighted by atomic mass is 35.5. The zero-order chi connectivity index (χ0) is 47.9. The topological polar surface area (TPSA) is 266 Å². The Hall–Kier alpha value is -2.28. The van der Waals surface area contributed by atoms with Crippen LogP contribution in [0, 0.1) is 11.8 Å². The van der Waals surface area contributed by atoms with Gasteiger partial charge in [0, 0.05) is 12.4 Å². The van der Waals surface area contributed by atoms with Crippen LogP contribution in [0.3, 0.4) is 0 Å².